The summed E-state index contributed by atoms with van der Waals surface area (Å²) in [6.07, 6.45) is -0.176. The van der Waals surface area contributed by atoms with Gasteiger partial charge in [-0.15, -0.1) is 0 Å². The van der Waals surface area contributed by atoms with Gasteiger partial charge < -0.3 is 9.64 Å². The summed E-state index contributed by atoms with van der Waals surface area (Å²) < 4.78 is 47.3. The van der Waals surface area contributed by atoms with Crippen molar-refractivity contribution < 1.29 is 22.3 Å². The Balaban J connectivity index is 1.57. The first-order valence-electron chi connectivity index (χ1n) is 10.6. The molecule has 0 spiro atoms. The summed E-state index contributed by atoms with van der Waals surface area (Å²) in [6.45, 7) is 2.28. The number of hydrogen-bond acceptors (Lipinski definition) is 5. The topological polar surface area (TPSA) is 99.5 Å². The highest BCUT2D eigenvalue weighted by Crippen LogP contribution is 2.30. The van der Waals surface area contributed by atoms with Crippen LogP contribution >= 0.6 is 0 Å². The van der Waals surface area contributed by atoms with Gasteiger partial charge in [0.1, 0.15) is 22.5 Å². The second-order valence-corrected chi connectivity index (χ2v) is 9.58. The molecular formula is C25H22FN3O4S. The van der Waals surface area contributed by atoms with Crippen molar-refractivity contribution in [3.8, 4) is 11.8 Å². The molecule has 1 amide bonds. The number of carbonyl (C=O) groups excluding carboxylic acids is 1. The van der Waals surface area contributed by atoms with E-state index in [4.69, 9.17) is 4.74 Å². The highest BCUT2D eigenvalue weighted by molar-refractivity contribution is 7.92. The molecule has 3 aromatic carbocycles. The lowest BCUT2D eigenvalue weighted by Gasteiger charge is -2.22. The number of nitriles is 1. The van der Waals surface area contributed by atoms with Crippen LogP contribution in [0.15, 0.2) is 71.6 Å². The van der Waals surface area contributed by atoms with Crippen molar-refractivity contribution >= 4 is 21.6 Å². The molecule has 0 saturated carbocycles. The van der Waals surface area contributed by atoms with E-state index >= 15 is 0 Å². The van der Waals surface area contributed by atoms with E-state index in [1.54, 1.807) is 54.3 Å². The van der Waals surface area contributed by atoms with E-state index < -0.39 is 16.1 Å². The van der Waals surface area contributed by atoms with Crippen LogP contribution in [0.25, 0.3) is 0 Å². The van der Waals surface area contributed by atoms with E-state index in [9.17, 15) is 22.9 Å². The number of benzene rings is 3. The number of nitrogens with zero attached hydrogens (tertiary/aromatic N) is 2. The first kappa shape index (κ1) is 23.3. The Morgan fingerprint density at radius 3 is 2.62 bits per heavy atom. The summed E-state index contributed by atoms with van der Waals surface area (Å²) in [6, 6.07) is 18.7. The molecule has 0 aliphatic carbocycles. The second kappa shape index (κ2) is 9.53. The third kappa shape index (κ3) is 5.02. The number of anilines is 1. The molecule has 0 aromatic heterocycles. The van der Waals surface area contributed by atoms with Gasteiger partial charge in [-0.05, 0) is 61.4 Å². The van der Waals surface area contributed by atoms with Gasteiger partial charge in [-0.1, -0.05) is 24.3 Å². The van der Waals surface area contributed by atoms with Crippen molar-refractivity contribution in [1.29, 1.82) is 5.26 Å². The molecule has 1 atom stereocenters. The molecule has 4 rings (SSSR count). The quantitative estimate of drug-likeness (QED) is 0.579. The summed E-state index contributed by atoms with van der Waals surface area (Å²) in [5.41, 5.74) is 1.87. The van der Waals surface area contributed by atoms with Gasteiger partial charge in [0.25, 0.3) is 15.9 Å². The highest BCUT2D eigenvalue weighted by Gasteiger charge is 2.28. The molecule has 34 heavy (non-hydrogen) atoms. The smallest absolute Gasteiger partial charge is 0.263 e. The van der Waals surface area contributed by atoms with Crippen LogP contribution in [0, 0.1) is 17.1 Å². The number of rotatable bonds is 6. The fourth-order valence-electron chi connectivity index (χ4n) is 3.77. The van der Waals surface area contributed by atoms with E-state index in [1.807, 2.05) is 6.07 Å². The number of fused-ring (bicyclic) bond motifs is 1. The molecule has 0 bridgehead atoms. The van der Waals surface area contributed by atoms with Crippen LogP contribution in [-0.4, -0.2) is 31.9 Å². The molecule has 1 aliphatic rings. The number of carbonyl (C=O) groups is 1. The predicted octanol–water partition coefficient (Wildman–Crippen LogP) is 3.85. The summed E-state index contributed by atoms with van der Waals surface area (Å²) >= 11 is 0. The highest BCUT2D eigenvalue weighted by atomic mass is 32.2. The van der Waals surface area contributed by atoms with E-state index in [0.717, 1.165) is 5.56 Å². The molecule has 1 aliphatic heterocycles. The largest absolute Gasteiger partial charge is 0.481 e. The van der Waals surface area contributed by atoms with Crippen LogP contribution in [0.2, 0.25) is 0 Å². The first-order chi connectivity index (χ1) is 16.3. The Bertz CT molecular complexity index is 1370. The lowest BCUT2D eigenvalue weighted by Crippen LogP contribution is -2.39. The Labute approximate surface area is 197 Å². The number of hydrogen-bond donors (Lipinski definition) is 1. The molecule has 1 heterocycles. The number of amides is 1. The summed E-state index contributed by atoms with van der Waals surface area (Å²) in [5.74, 6) is -0.0215. The Kier molecular flexibility index (Phi) is 6.52. The molecule has 7 nitrogen and oxygen atoms in total. The lowest BCUT2D eigenvalue weighted by atomic mass is 10.1. The summed E-state index contributed by atoms with van der Waals surface area (Å²) in [5, 5.41) is 9.25. The van der Waals surface area contributed by atoms with E-state index in [1.165, 1.54) is 24.3 Å². The average molecular weight is 480 g/mol. The van der Waals surface area contributed by atoms with Gasteiger partial charge in [-0.3, -0.25) is 9.52 Å². The van der Waals surface area contributed by atoms with Gasteiger partial charge in [0, 0.05) is 24.3 Å². The number of ether oxygens (including phenoxy) is 1. The number of halogens is 1. The number of nitrogens with one attached hydrogen (secondary N) is 1. The maximum Gasteiger partial charge on any atom is 0.263 e. The van der Waals surface area contributed by atoms with Crippen molar-refractivity contribution in [3.05, 3.63) is 89.2 Å². The average Bonchev–Trinajstić information content (AvgIpc) is 2.94. The third-order valence-corrected chi connectivity index (χ3v) is 6.96. The van der Waals surface area contributed by atoms with Gasteiger partial charge in [0.2, 0.25) is 0 Å². The maximum absolute atomic E-state index is 13.2. The summed E-state index contributed by atoms with van der Waals surface area (Å²) in [7, 11) is -4.00. The normalized spacial score (nSPS) is 15.6. The second-order valence-electron chi connectivity index (χ2n) is 7.93. The van der Waals surface area contributed by atoms with E-state index in [2.05, 4.69) is 4.72 Å². The first-order valence-corrected chi connectivity index (χ1v) is 12.1. The minimum Gasteiger partial charge on any atom is -0.481 e. The predicted molar refractivity (Wildman–Crippen MR) is 124 cm³/mol. The van der Waals surface area contributed by atoms with Crippen LogP contribution in [-0.2, 0) is 27.8 Å². The van der Waals surface area contributed by atoms with Crippen LogP contribution < -0.4 is 9.46 Å². The van der Waals surface area contributed by atoms with Gasteiger partial charge in [-0.2, -0.15) is 5.26 Å². The van der Waals surface area contributed by atoms with Gasteiger partial charge in [-0.25, -0.2) is 12.8 Å². The van der Waals surface area contributed by atoms with E-state index in [-0.39, 0.29) is 34.4 Å². The zero-order valence-electron chi connectivity index (χ0n) is 18.4. The zero-order chi connectivity index (χ0) is 24.3. The van der Waals surface area contributed by atoms with Crippen molar-refractivity contribution in [2.24, 2.45) is 0 Å². The maximum atomic E-state index is 13.2. The lowest BCUT2D eigenvalue weighted by molar-refractivity contribution is -0.137. The van der Waals surface area contributed by atoms with E-state index in [0.29, 0.717) is 24.3 Å². The molecule has 0 unspecified atom stereocenters. The van der Waals surface area contributed by atoms with Crippen molar-refractivity contribution in [2.45, 2.75) is 30.9 Å². The monoisotopic (exact) mass is 479 g/mol. The van der Waals surface area contributed by atoms with Gasteiger partial charge in [0.05, 0.1) is 5.56 Å². The molecule has 174 valence electrons. The van der Waals surface area contributed by atoms with Gasteiger partial charge in [0.15, 0.2) is 6.10 Å². The van der Waals surface area contributed by atoms with Crippen LogP contribution in [0.1, 0.15) is 23.6 Å². The van der Waals surface area contributed by atoms with Crippen LogP contribution in [0.5, 0.6) is 5.75 Å². The number of sulfonamides is 1. The van der Waals surface area contributed by atoms with Crippen LogP contribution in [0.4, 0.5) is 10.1 Å². The third-order valence-electron chi connectivity index (χ3n) is 5.52. The molecule has 3 aromatic rings. The summed E-state index contributed by atoms with van der Waals surface area (Å²) in [4.78, 5) is 14.4. The van der Waals surface area contributed by atoms with Crippen molar-refractivity contribution in [1.82, 2.24) is 4.90 Å². The minimum atomic E-state index is -4.00. The molecule has 1 N–H and O–H groups in total. The molecule has 9 heteroatoms. The fraction of sp³-hybridized carbons (Fsp3) is 0.200. The fourth-order valence-corrected chi connectivity index (χ4v) is 4.98. The molecule has 0 fully saturated rings. The SMILES string of the molecule is C[C@H]1Oc2ccc(NS(=O)(=O)c3ccccc3C#N)cc2CN(CCc2ccc(F)cc2)C1=O. The Morgan fingerprint density at radius 2 is 1.88 bits per heavy atom. The molecule has 0 saturated heterocycles. The minimum absolute atomic E-state index is 0.0412. The standard InChI is InChI=1S/C25H22FN3O4S/c1-17-25(30)29(13-12-18-6-8-21(26)9-7-18)16-20-14-22(10-11-23(20)33-17)28-34(31,32)24-5-3-2-4-19(24)15-27/h2-11,14,17,28H,12-13,16H2,1H3/t17-/m1/s1. The molecule has 0 radical (unpaired) electrons. The zero-order valence-corrected chi connectivity index (χ0v) is 19.2. The van der Waals surface area contributed by atoms with Crippen molar-refractivity contribution in [3.63, 3.8) is 0 Å². The molecular weight excluding hydrogens is 457 g/mol. The Hall–Kier alpha value is -3.90. The Morgan fingerprint density at radius 1 is 1.15 bits per heavy atom. The van der Waals surface area contributed by atoms with Crippen molar-refractivity contribution in [2.75, 3.05) is 11.3 Å². The van der Waals surface area contributed by atoms with Crippen LogP contribution in [0.3, 0.4) is 0 Å². The van der Waals surface area contributed by atoms with Gasteiger partial charge >= 0.3 is 0 Å².